The van der Waals surface area contributed by atoms with Crippen molar-refractivity contribution in [3.63, 3.8) is 0 Å². The molecule has 1 aromatic rings. The van der Waals surface area contributed by atoms with Gasteiger partial charge in [0.05, 0.1) is 0 Å². The van der Waals surface area contributed by atoms with Crippen molar-refractivity contribution in [3.8, 4) is 11.8 Å². The molecule has 0 spiro atoms. The van der Waals surface area contributed by atoms with Crippen LogP contribution in [0.5, 0.6) is 5.75 Å². The van der Waals surface area contributed by atoms with Gasteiger partial charge in [0, 0.05) is 5.75 Å². The molecule has 0 N–H and O–H groups in total. The first-order valence-electron chi connectivity index (χ1n) is 4.37. The van der Waals surface area contributed by atoms with Gasteiger partial charge in [-0.25, -0.2) is 4.39 Å². The van der Waals surface area contributed by atoms with E-state index in [9.17, 15) is 4.39 Å². The van der Waals surface area contributed by atoms with Crippen LogP contribution in [-0.4, -0.2) is 12.4 Å². The highest BCUT2D eigenvalue weighted by Crippen LogP contribution is 2.20. The standard InChI is InChI=1S/C11H10FNOS/c12-10-4-3-5-11(9(10)8-13)14-6-1-2-7-15/h1-5,15H,6-7H2. The summed E-state index contributed by atoms with van der Waals surface area (Å²) in [4.78, 5) is 0. The summed E-state index contributed by atoms with van der Waals surface area (Å²) in [5.41, 5.74) is -0.0585. The second kappa shape index (κ2) is 6.10. The van der Waals surface area contributed by atoms with Crippen LogP contribution >= 0.6 is 12.6 Å². The number of nitriles is 1. The maximum Gasteiger partial charge on any atom is 0.144 e. The van der Waals surface area contributed by atoms with Gasteiger partial charge in [-0.05, 0) is 12.1 Å². The number of hydrogen-bond acceptors (Lipinski definition) is 3. The highest BCUT2D eigenvalue weighted by Gasteiger charge is 2.07. The Morgan fingerprint density at radius 3 is 2.93 bits per heavy atom. The summed E-state index contributed by atoms with van der Waals surface area (Å²) in [5.74, 6) is 0.326. The minimum absolute atomic E-state index is 0.0585. The average Bonchev–Trinajstić information content (AvgIpc) is 2.24. The third-order valence-electron chi connectivity index (χ3n) is 1.69. The Labute approximate surface area is 93.4 Å². The molecule has 78 valence electrons. The third-order valence-corrected chi connectivity index (χ3v) is 1.91. The van der Waals surface area contributed by atoms with E-state index < -0.39 is 5.82 Å². The van der Waals surface area contributed by atoms with Gasteiger partial charge in [0.15, 0.2) is 0 Å². The zero-order chi connectivity index (χ0) is 11.1. The van der Waals surface area contributed by atoms with E-state index in [2.05, 4.69) is 12.6 Å². The van der Waals surface area contributed by atoms with E-state index >= 15 is 0 Å². The summed E-state index contributed by atoms with van der Waals surface area (Å²) in [6, 6.07) is 6.07. The van der Waals surface area contributed by atoms with Crippen LogP contribution in [0.25, 0.3) is 0 Å². The number of thiol groups is 1. The highest BCUT2D eigenvalue weighted by atomic mass is 32.1. The van der Waals surface area contributed by atoms with Gasteiger partial charge < -0.3 is 4.74 Å². The van der Waals surface area contributed by atoms with E-state index in [0.29, 0.717) is 12.4 Å². The number of ether oxygens (including phenoxy) is 1. The molecule has 0 aliphatic heterocycles. The fourth-order valence-electron chi connectivity index (χ4n) is 1.01. The quantitative estimate of drug-likeness (QED) is 0.628. The van der Waals surface area contributed by atoms with Gasteiger partial charge in [-0.15, -0.1) is 0 Å². The summed E-state index contributed by atoms with van der Waals surface area (Å²) in [7, 11) is 0. The zero-order valence-electron chi connectivity index (χ0n) is 7.98. The molecule has 0 saturated carbocycles. The van der Waals surface area contributed by atoms with Crippen LogP contribution in [0, 0.1) is 17.1 Å². The van der Waals surface area contributed by atoms with E-state index in [1.54, 1.807) is 18.2 Å². The van der Waals surface area contributed by atoms with E-state index in [1.807, 2.05) is 6.08 Å². The van der Waals surface area contributed by atoms with Crippen molar-refractivity contribution in [1.29, 1.82) is 5.26 Å². The van der Waals surface area contributed by atoms with Crippen molar-refractivity contribution >= 4 is 12.6 Å². The monoisotopic (exact) mass is 223 g/mol. The Morgan fingerprint density at radius 2 is 2.27 bits per heavy atom. The van der Waals surface area contributed by atoms with Crippen LogP contribution in [0.3, 0.4) is 0 Å². The number of benzene rings is 1. The van der Waals surface area contributed by atoms with Crippen molar-refractivity contribution in [2.24, 2.45) is 0 Å². The Hall–Kier alpha value is -1.47. The first-order valence-corrected chi connectivity index (χ1v) is 5.00. The summed E-state index contributed by atoms with van der Waals surface area (Å²) < 4.78 is 18.3. The Bertz CT molecular complexity index is 398. The van der Waals surface area contributed by atoms with Crippen LogP contribution in [-0.2, 0) is 0 Å². The molecule has 0 aliphatic rings. The van der Waals surface area contributed by atoms with E-state index in [0.717, 1.165) is 0 Å². The second-order valence-corrected chi connectivity index (χ2v) is 3.05. The van der Waals surface area contributed by atoms with Crippen molar-refractivity contribution in [2.45, 2.75) is 0 Å². The van der Waals surface area contributed by atoms with E-state index in [-0.39, 0.29) is 11.3 Å². The lowest BCUT2D eigenvalue weighted by atomic mass is 10.2. The molecule has 0 fully saturated rings. The Balaban J connectivity index is 2.73. The molecule has 0 heterocycles. The molecule has 0 aromatic heterocycles. The van der Waals surface area contributed by atoms with Gasteiger partial charge in [-0.1, -0.05) is 18.2 Å². The van der Waals surface area contributed by atoms with E-state index in [1.165, 1.54) is 12.1 Å². The molecule has 0 atom stereocenters. The van der Waals surface area contributed by atoms with Gasteiger partial charge in [-0.3, -0.25) is 0 Å². The topological polar surface area (TPSA) is 33.0 Å². The van der Waals surface area contributed by atoms with Crippen LogP contribution < -0.4 is 4.74 Å². The lowest BCUT2D eigenvalue weighted by Gasteiger charge is -2.05. The van der Waals surface area contributed by atoms with Gasteiger partial charge in [-0.2, -0.15) is 17.9 Å². The average molecular weight is 223 g/mol. The molecule has 15 heavy (non-hydrogen) atoms. The molecule has 2 nitrogen and oxygen atoms in total. The lowest BCUT2D eigenvalue weighted by Crippen LogP contribution is -1.97. The summed E-state index contributed by atoms with van der Waals surface area (Å²) in [6.45, 7) is 0.304. The van der Waals surface area contributed by atoms with Crippen LogP contribution in [0.2, 0.25) is 0 Å². The predicted molar refractivity (Wildman–Crippen MR) is 59.6 cm³/mol. The first kappa shape index (κ1) is 11.6. The van der Waals surface area contributed by atoms with Gasteiger partial charge >= 0.3 is 0 Å². The van der Waals surface area contributed by atoms with E-state index in [4.69, 9.17) is 10.00 Å². The molecular formula is C11H10FNOS. The smallest absolute Gasteiger partial charge is 0.144 e. The van der Waals surface area contributed by atoms with Gasteiger partial charge in [0.2, 0.25) is 0 Å². The number of nitrogens with zero attached hydrogens (tertiary/aromatic N) is 1. The van der Waals surface area contributed by atoms with Crippen molar-refractivity contribution in [3.05, 3.63) is 41.7 Å². The highest BCUT2D eigenvalue weighted by molar-refractivity contribution is 7.80. The van der Waals surface area contributed by atoms with Gasteiger partial charge in [0.25, 0.3) is 0 Å². The fourth-order valence-corrected chi connectivity index (χ4v) is 1.16. The predicted octanol–water partition coefficient (Wildman–Crippen LogP) is 2.56. The molecule has 1 rings (SSSR count). The normalized spacial score (nSPS) is 10.2. The number of hydrogen-bond donors (Lipinski definition) is 1. The SMILES string of the molecule is N#Cc1c(F)cccc1OCC=CCS. The molecule has 0 amide bonds. The third kappa shape index (κ3) is 3.30. The molecule has 0 aliphatic carbocycles. The van der Waals surface area contributed by atoms with Gasteiger partial charge in [0.1, 0.15) is 29.8 Å². The Morgan fingerprint density at radius 1 is 1.47 bits per heavy atom. The van der Waals surface area contributed by atoms with Crippen LogP contribution in [0.15, 0.2) is 30.4 Å². The molecule has 0 saturated heterocycles. The van der Waals surface area contributed by atoms with Crippen LogP contribution in [0.1, 0.15) is 5.56 Å². The lowest BCUT2D eigenvalue weighted by molar-refractivity contribution is 0.359. The first-order chi connectivity index (χ1) is 7.29. The van der Waals surface area contributed by atoms with Crippen molar-refractivity contribution in [1.82, 2.24) is 0 Å². The zero-order valence-corrected chi connectivity index (χ0v) is 8.88. The molecule has 0 radical (unpaired) electrons. The molecule has 1 aromatic carbocycles. The number of rotatable bonds is 4. The molecule has 0 bridgehead atoms. The van der Waals surface area contributed by atoms with Crippen LogP contribution in [0.4, 0.5) is 4.39 Å². The summed E-state index contributed by atoms with van der Waals surface area (Å²) in [5, 5.41) is 8.70. The minimum Gasteiger partial charge on any atom is -0.488 e. The largest absolute Gasteiger partial charge is 0.488 e. The van der Waals surface area contributed by atoms with Crippen molar-refractivity contribution in [2.75, 3.05) is 12.4 Å². The molecular weight excluding hydrogens is 213 g/mol. The maximum atomic E-state index is 13.1. The maximum absolute atomic E-state index is 13.1. The number of halogens is 1. The molecule has 4 heteroatoms. The summed E-state index contributed by atoms with van der Waals surface area (Å²) in [6.07, 6.45) is 3.58. The molecule has 0 unspecified atom stereocenters. The second-order valence-electron chi connectivity index (χ2n) is 2.69. The fraction of sp³-hybridized carbons (Fsp3) is 0.182. The minimum atomic E-state index is -0.562. The summed E-state index contributed by atoms with van der Waals surface area (Å²) >= 11 is 3.98. The Kier molecular flexibility index (Phi) is 4.72. The van der Waals surface area contributed by atoms with Crippen molar-refractivity contribution < 1.29 is 9.13 Å².